The standard InChI is InChI=1S/C12H17NO2/c14-9-10-15-12-5-3-11(4-6-12)13-7-1-2-8-13/h3-6,14H,1-2,7-10H2. The van der Waals surface area contributed by atoms with Gasteiger partial charge in [-0.25, -0.2) is 0 Å². The summed E-state index contributed by atoms with van der Waals surface area (Å²) in [7, 11) is 0. The van der Waals surface area contributed by atoms with Gasteiger partial charge in [-0.1, -0.05) is 0 Å². The Kier molecular flexibility index (Phi) is 3.45. The maximum atomic E-state index is 8.62. The fourth-order valence-corrected chi connectivity index (χ4v) is 1.89. The van der Waals surface area contributed by atoms with Crippen LogP contribution in [0.25, 0.3) is 0 Å². The minimum atomic E-state index is 0.0634. The van der Waals surface area contributed by atoms with E-state index in [1.54, 1.807) is 0 Å². The number of anilines is 1. The summed E-state index contributed by atoms with van der Waals surface area (Å²) in [6.07, 6.45) is 2.59. The molecule has 2 rings (SSSR count). The third-order valence-corrected chi connectivity index (χ3v) is 2.67. The molecule has 1 fully saturated rings. The van der Waals surface area contributed by atoms with E-state index < -0.39 is 0 Å². The zero-order valence-electron chi connectivity index (χ0n) is 8.85. The number of nitrogens with zero attached hydrogens (tertiary/aromatic N) is 1. The Bertz CT molecular complexity index is 291. The van der Waals surface area contributed by atoms with E-state index in [1.165, 1.54) is 18.5 Å². The molecule has 1 aliphatic heterocycles. The molecule has 1 aliphatic rings. The summed E-state index contributed by atoms with van der Waals surface area (Å²) in [4.78, 5) is 2.38. The third-order valence-electron chi connectivity index (χ3n) is 2.67. The number of aliphatic hydroxyl groups is 1. The van der Waals surface area contributed by atoms with E-state index in [1.807, 2.05) is 12.1 Å². The molecule has 0 unspecified atom stereocenters. The van der Waals surface area contributed by atoms with E-state index in [0.717, 1.165) is 18.8 Å². The molecule has 1 aromatic rings. The van der Waals surface area contributed by atoms with Crippen LogP contribution in [0.4, 0.5) is 5.69 Å². The van der Waals surface area contributed by atoms with Crippen molar-refractivity contribution in [3.63, 3.8) is 0 Å². The largest absolute Gasteiger partial charge is 0.491 e. The van der Waals surface area contributed by atoms with Gasteiger partial charge in [-0.3, -0.25) is 0 Å². The summed E-state index contributed by atoms with van der Waals surface area (Å²) in [6, 6.07) is 8.09. The molecule has 1 saturated heterocycles. The quantitative estimate of drug-likeness (QED) is 0.815. The first-order valence-corrected chi connectivity index (χ1v) is 5.49. The van der Waals surface area contributed by atoms with Crippen LogP contribution in [0.15, 0.2) is 24.3 Å². The van der Waals surface area contributed by atoms with E-state index >= 15 is 0 Å². The van der Waals surface area contributed by atoms with Crippen molar-refractivity contribution in [2.45, 2.75) is 12.8 Å². The first-order chi connectivity index (χ1) is 7.40. The Hall–Kier alpha value is -1.22. The zero-order chi connectivity index (χ0) is 10.5. The highest BCUT2D eigenvalue weighted by molar-refractivity contribution is 5.49. The molecule has 1 heterocycles. The van der Waals surface area contributed by atoms with Crippen LogP contribution in [0.5, 0.6) is 5.75 Å². The molecule has 3 nitrogen and oxygen atoms in total. The molecule has 1 N–H and O–H groups in total. The van der Waals surface area contributed by atoms with E-state index in [0.29, 0.717) is 6.61 Å². The fraction of sp³-hybridized carbons (Fsp3) is 0.500. The summed E-state index contributed by atoms with van der Waals surface area (Å²) in [5.41, 5.74) is 1.27. The fourth-order valence-electron chi connectivity index (χ4n) is 1.89. The summed E-state index contributed by atoms with van der Waals surface area (Å²) < 4.78 is 5.30. The molecule has 0 bridgehead atoms. The second-order valence-electron chi connectivity index (χ2n) is 3.76. The molecule has 0 saturated carbocycles. The lowest BCUT2D eigenvalue weighted by atomic mass is 10.3. The van der Waals surface area contributed by atoms with Gasteiger partial charge in [-0.2, -0.15) is 0 Å². The van der Waals surface area contributed by atoms with Gasteiger partial charge in [-0.15, -0.1) is 0 Å². The van der Waals surface area contributed by atoms with Crippen molar-refractivity contribution in [1.82, 2.24) is 0 Å². The van der Waals surface area contributed by atoms with Gasteiger partial charge in [0, 0.05) is 18.8 Å². The van der Waals surface area contributed by atoms with Crippen molar-refractivity contribution in [3.05, 3.63) is 24.3 Å². The van der Waals surface area contributed by atoms with Crippen molar-refractivity contribution in [2.75, 3.05) is 31.2 Å². The van der Waals surface area contributed by atoms with Gasteiger partial charge >= 0.3 is 0 Å². The molecule has 1 aromatic carbocycles. The number of ether oxygens (including phenoxy) is 1. The molecular formula is C12H17NO2. The lowest BCUT2D eigenvalue weighted by Gasteiger charge is -2.17. The Balaban J connectivity index is 1.96. The highest BCUT2D eigenvalue weighted by Crippen LogP contribution is 2.22. The van der Waals surface area contributed by atoms with E-state index in [4.69, 9.17) is 9.84 Å². The molecule has 0 aliphatic carbocycles. The van der Waals surface area contributed by atoms with Gasteiger partial charge in [-0.05, 0) is 37.1 Å². The summed E-state index contributed by atoms with van der Waals surface area (Å²) in [5, 5.41) is 8.62. The van der Waals surface area contributed by atoms with Crippen molar-refractivity contribution in [1.29, 1.82) is 0 Å². The van der Waals surface area contributed by atoms with Crippen LogP contribution in [0, 0.1) is 0 Å². The van der Waals surface area contributed by atoms with Crippen LogP contribution in [-0.4, -0.2) is 31.4 Å². The number of benzene rings is 1. The SMILES string of the molecule is OCCOc1ccc(N2CCCC2)cc1. The van der Waals surface area contributed by atoms with Gasteiger partial charge in [0.2, 0.25) is 0 Å². The summed E-state index contributed by atoms with van der Waals surface area (Å²) in [5.74, 6) is 0.826. The maximum absolute atomic E-state index is 8.62. The van der Waals surface area contributed by atoms with Crippen molar-refractivity contribution in [3.8, 4) is 5.75 Å². The molecule has 0 atom stereocenters. The average Bonchev–Trinajstić information content (AvgIpc) is 2.80. The summed E-state index contributed by atoms with van der Waals surface area (Å²) in [6.45, 7) is 2.75. The Morgan fingerprint density at radius 3 is 2.40 bits per heavy atom. The second-order valence-corrected chi connectivity index (χ2v) is 3.76. The topological polar surface area (TPSA) is 32.7 Å². The molecule has 0 aromatic heterocycles. The maximum Gasteiger partial charge on any atom is 0.119 e. The lowest BCUT2D eigenvalue weighted by Crippen LogP contribution is -2.17. The second kappa shape index (κ2) is 5.03. The first kappa shape index (κ1) is 10.3. The first-order valence-electron chi connectivity index (χ1n) is 5.49. The monoisotopic (exact) mass is 207 g/mol. The average molecular weight is 207 g/mol. The van der Waals surface area contributed by atoms with Crippen molar-refractivity contribution < 1.29 is 9.84 Å². The molecular weight excluding hydrogens is 190 g/mol. The molecule has 15 heavy (non-hydrogen) atoms. The summed E-state index contributed by atoms with van der Waals surface area (Å²) >= 11 is 0. The smallest absolute Gasteiger partial charge is 0.119 e. The molecule has 0 radical (unpaired) electrons. The third kappa shape index (κ3) is 2.63. The number of hydrogen-bond acceptors (Lipinski definition) is 3. The van der Waals surface area contributed by atoms with Gasteiger partial charge in [0.05, 0.1) is 6.61 Å². The van der Waals surface area contributed by atoms with Crippen LogP contribution >= 0.6 is 0 Å². The van der Waals surface area contributed by atoms with Gasteiger partial charge < -0.3 is 14.7 Å². The normalized spacial score (nSPS) is 15.7. The molecule has 3 heteroatoms. The lowest BCUT2D eigenvalue weighted by molar-refractivity contribution is 0.201. The number of hydrogen-bond donors (Lipinski definition) is 1. The predicted molar refractivity (Wildman–Crippen MR) is 60.5 cm³/mol. The van der Waals surface area contributed by atoms with Crippen LogP contribution in [0.2, 0.25) is 0 Å². The van der Waals surface area contributed by atoms with Crippen LogP contribution < -0.4 is 9.64 Å². The van der Waals surface area contributed by atoms with Crippen LogP contribution in [-0.2, 0) is 0 Å². The Labute approximate surface area is 90.3 Å². The minimum absolute atomic E-state index is 0.0634. The van der Waals surface area contributed by atoms with Gasteiger partial charge in [0.25, 0.3) is 0 Å². The van der Waals surface area contributed by atoms with Crippen LogP contribution in [0.3, 0.4) is 0 Å². The van der Waals surface area contributed by atoms with Crippen LogP contribution in [0.1, 0.15) is 12.8 Å². The van der Waals surface area contributed by atoms with E-state index in [-0.39, 0.29) is 6.61 Å². The Morgan fingerprint density at radius 1 is 1.13 bits per heavy atom. The molecule has 0 spiro atoms. The number of aliphatic hydroxyl groups excluding tert-OH is 1. The zero-order valence-corrected chi connectivity index (χ0v) is 8.85. The minimum Gasteiger partial charge on any atom is -0.491 e. The highest BCUT2D eigenvalue weighted by Gasteiger charge is 2.11. The predicted octanol–water partition coefficient (Wildman–Crippen LogP) is 1.66. The van der Waals surface area contributed by atoms with Crippen molar-refractivity contribution >= 4 is 5.69 Å². The molecule has 82 valence electrons. The highest BCUT2D eigenvalue weighted by atomic mass is 16.5. The number of rotatable bonds is 4. The van der Waals surface area contributed by atoms with Gasteiger partial charge in [0.1, 0.15) is 12.4 Å². The molecule has 0 amide bonds. The van der Waals surface area contributed by atoms with Crippen molar-refractivity contribution in [2.24, 2.45) is 0 Å². The van der Waals surface area contributed by atoms with E-state index in [2.05, 4.69) is 17.0 Å². The van der Waals surface area contributed by atoms with E-state index in [9.17, 15) is 0 Å². The Morgan fingerprint density at radius 2 is 1.80 bits per heavy atom. The van der Waals surface area contributed by atoms with Gasteiger partial charge in [0.15, 0.2) is 0 Å².